The lowest BCUT2D eigenvalue weighted by atomic mass is 9.89. The van der Waals surface area contributed by atoms with Gasteiger partial charge in [-0.3, -0.25) is 15.0 Å². The van der Waals surface area contributed by atoms with Gasteiger partial charge in [0, 0.05) is 31.4 Å². The van der Waals surface area contributed by atoms with Crippen LogP contribution in [0.15, 0.2) is 42.5 Å². The summed E-state index contributed by atoms with van der Waals surface area (Å²) < 4.78 is 5.65. The molecule has 184 valence electrons. The fraction of sp³-hybridized carbons (Fsp3) is 0.536. The van der Waals surface area contributed by atoms with Crippen LogP contribution >= 0.6 is 0 Å². The van der Waals surface area contributed by atoms with Crippen molar-refractivity contribution in [3.63, 3.8) is 0 Å². The van der Waals surface area contributed by atoms with Crippen molar-refractivity contribution >= 4 is 28.5 Å². The zero-order chi connectivity index (χ0) is 24.4. The number of likely N-dealkylation sites (tertiary alicyclic amines) is 2. The summed E-state index contributed by atoms with van der Waals surface area (Å²) in [6, 6.07) is 16.6. The van der Waals surface area contributed by atoms with Crippen molar-refractivity contribution < 1.29 is 14.3 Å². The first-order valence-corrected chi connectivity index (χ1v) is 12.9. The molecule has 0 radical (unpaired) electrons. The van der Waals surface area contributed by atoms with Crippen molar-refractivity contribution in [2.24, 2.45) is 5.92 Å². The lowest BCUT2D eigenvalue weighted by Crippen LogP contribution is -2.60. The molecule has 3 unspecified atom stereocenters. The van der Waals surface area contributed by atoms with Crippen molar-refractivity contribution in [2.75, 3.05) is 25.0 Å². The van der Waals surface area contributed by atoms with Gasteiger partial charge in [-0.1, -0.05) is 56.5 Å². The Bertz CT molecular complexity index is 1140. The van der Waals surface area contributed by atoms with Gasteiger partial charge in [0.1, 0.15) is 5.54 Å². The predicted octanol–water partition coefficient (Wildman–Crippen LogP) is 4.93. The van der Waals surface area contributed by atoms with Crippen molar-refractivity contribution in [1.29, 1.82) is 5.26 Å². The van der Waals surface area contributed by atoms with Crippen LogP contribution in [-0.4, -0.2) is 59.1 Å². The largest absolute Gasteiger partial charge is 0.436 e. The van der Waals surface area contributed by atoms with E-state index in [0.717, 1.165) is 17.3 Å². The fourth-order valence-corrected chi connectivity index (χ4v) is 6.10. The van der Waals surface area contributed by atoms with Crippen molar-refractivity contribution in [3.05, 3.63) is 42.5 Å². The van der Waals surface area contributed by atoms with E-state index in [9.17, 15) is 14.9 Å². The summed E-state index contributed by atoms with van der Waals surface area (Å²) in [5, 5.41) is 15.1. The van der Waals surface area contributed by atoms with Crippen LogP contribution in [0.1, 0.15) is 51.9 Å². The van der Waals surface area contributed by atoms with Crippen LogP contribution in [0.4, 0.5) is 10.5 Å². The first-order chi connectivity index (χ1) is 17.0. The van der Waals surface area contributed by atoms with Crippen molar-refractivity contribution in [3.8, 4) is 6.07 Å². The van der Waals surface area contributed by atoms with E-state index in [1.54, 1.807) is 4.90 Å². The Kier molecular flexibility index (Phi) is 6.66. The molecule has 1 N–H and O–H groups in total. The fourth-order valence-electron chi connectivity index (χ4n) is 6.10. The highest BCUT2D eigenvalue weighted by Gasteiger charge is 2.51. The Balaban J connectivity index is 1.26. The third kappa shape index (κ3) is 4.85. The van der Waals surface area contributed by atoms with Gasteiger partial charge >= 0.3 is 6.09 Å². The topological polar surface area (TPSA) is 85.7 Å². The molecule has 2 aromatic carbocycles. The van der Waals surface area contributed by atoms with Crippen LogP contribution < -0.4 is 5.32 Å². The Labute approximate surface area is 207 Å². The summed E-state index contributed by atoms with van der Waals surface area (Å²) in [5.74, 6) is -0.107. The van der Waals surface area contributed by atoms with Crippen LogP contribution in [0.25, 0.3) is 10.8 Å². The molecule has 1 saturated carbocycles. The maximum absolute atomic E-state index is 13.5. The van der Waals surface area contributed by atoms with Gasteiger partial charge in [-0.2, -0.15) is 5.26 Å². The minimum absolute atomic E-state index is 0.139. The lowest BCUT2D eigenvalue weighted by Gasteiger charge is -2.43. The number of hydrogen-bond donors (Lipinski definition) is 1. The molecule has 0 aromatic heterocycles. The Morgan fingerprint density at radius 3 is 2.69 bits per heavy atom. The number of anilines is 1. The second kappa shape index (κ2) is 9.87. The molecule has 5 rings (SSSR count). The van der Waals surface area contributed by atoms with E-state index < -0.39 is 17.7 Å². The molecule has 7 heteroatoms. The third-order valence-corrected chi connectivity index (χ3v) is 7.99. The molecule has 0 spiro atoms. The molecular formula is C28H34N4O3. The van der Waals surface area contributed by atoms with Crippen LogP contribution in [0, 0.1) is 17.2 Å². The van der Waals surface area contributed by atoms with Crippen LogP contribution in [0.2, 0.25) is 0 Å². The number of nitriles is 1. The number of ether oxygens (including phenoxy) is 1. The summed E-state index contributed by atoms with van der Waals surface area (Å²) >= 11 is 0. The summed E-state index contributed by atoms with van der Waals surface area (Å²) in [5.41, 5.74) is -0.228. The maximum Gasteiger partial charge on any atom is 0.412 e. The van der Waals surface area contributed by atoms with E-state index in [1.165, 1.54) is 32.1 Å². The highest BCUT2D eigenvalue weighted by Crippen LogP contribution is 2.36. The molecule has 2 heterocycles. The normalized spacial score (nSPS) is 28.1. The zero-order valence-corrected chi connectivity index (χ0v) is 20.4. The number of amides is 2. The van der Waals surface area contributed by atoms with Gasteiger partial charge in [0.25, 0.3) is 5.91 Å². The summed E-state index contributed by atoms with van der Waals surface area (Å²) in [6.07, 6.45) is 5.70. The van der Waals surface area contributed by atoms with Crippen LogP contribution in [0.5, 0.6) is 0 Å². The highest BCUT2D eigenvalue weighted by atomic mass is 16.6. The molecule has 2 saturated heterocycles. The number of rotatable bonds is 4. The highest BCUT2D eigenvalue weighted by molar-refractivity contribution is 5.93. The minimum Gasteiger partial charge on any atom is -0.436 e. The molecular weight excluding hydrogens is 440 g/mol. The standard InChI is InChI=1S/C28H34N4O3/c1-20-15-25(35-27(34)30-23-12-11-21-7-5-6-8-22(21)16-23)26(33)32(17-20)28(18-29)13-14-31(19-28)24-9-3-2-4-10-24/h5-8,11-12,16,20,24-25H,2-4,9-10,13-15,17,19H2,1H3,(H,30,34). The van der Waals surface area contributed by atoms with Crippen LogP contribution in [-0.2, 0) is 9.53 Å². The summed E-state index contributed by atoms with van der Waals surface area (Å²) in [7, 11) is 0. The average molecular weight is 475 g/mol. The molecule has 0 bridgehead atoms. The van der Waals surface area contributed by atoms with Gasteiger partial charge in [-0.25, -0.2) is 4.79 Å². The van der Waals surface area contributed by atoms with Crippen LogP contribution in [0.3, 0.4) is 0 Å². The van der Waals surface area contributed by atoms with Gasteiger partial charge in [0.2, 0.25) is 0 Å². The summed E-state index contributed by atoms with van der Waals surface area (Å²) in [6.45, 7) is 4.00. The first-order valence-electron chi connectivity index (χ1n) is 12.9. The van der Waals surface area contributed by atoms with Gasteiger partial charge in [0.15, 0.2) is 6.10 Å². The molecule has 2 amide bonds. The molecule has 2 aromatic rings. The molecule has 7 nitrogen and oxygen atoms in total. The van der Waals surface area contributed by atoms with Gasteiger partial charge in [-0.15, -0.1) is 0 Å². The van der Waals surface area contributed by atoms with Gasteiger partial charge in [0.05, 0.1) is 6.07 Å². The zero-order valence-electron chi connectivity index (χ0n) is 20.4. The van der Waals surface area contributed by atoms with E-state index in [-0.39, 0.29) is 11.8 Å². The molecule has 3 aliphatic rings. The predicted molar refractivity (Wildman–Crippen MR) is 135 cm³/mol. The smallest absolute Gasteiger partial charge is 0.412 e. The maximum atomic E-state index is 13.5. The number of carbonyl (C=O) groups excluding carboxylic acids is 2. The van der Waals surface area contributed by atoms with E-state index >= 15 is 0 Å². The Hall–Kier alpha value is -3.11. The number of hydrogen-bond acceptors (Lipinski definition) is 5. The molecule has 35 heavy (non-hydrogen) atoms. The number of nitrogens with zero attached hydrogens (tertiary/aromatic N) is 3. The molecule has 3 fully saturated rings. The minimum atomic E-state index is -0.881. The monoisotopic (exact) mass is 474 g/mol. The average Bonchev–Trinajstić information content (AvgIpc) is 3.32. The number of carbonyl (C=O) groups is 2. The quantitative estimate of drug-likeness (QED) is 0.679. The number of fused-ring (bicyclic) bond motifs is 1. The lowest BCUT2D eigenvalue weighted by molar-refractivity contribution is -0.151. The molecule has 3 atom stereocenters. The van der Waals surface area contributed by atoms with E-state index in [0.29, 0.717) is 37.7 Å². The molecule has 1 aliphatic carbocycles. The number of piperidine rings is 1. The van der Waals surface area contributed by atoms with Crippen molar-refractivity contribution in [1.82, 2.24) is 9.80 Å². The summed E-state index contributed by atoms with van der Waals surface area (Å²) in [4.78, 5) is 30.4. The Morgan fingerprint density at radius 2 is 1.91 bits per heavy atom. The number of nitrogens with one attached hydrogen (secondary N) is 1. The second-order valence-electron chi connectivity index (χ2n) is 10.5. The van der Waals surface area contributed by atoms with Crippen molar-refractivity contribution in [2.45, 2.75) is 69.6 Å². The van der Waals surface area contributed by atoms with E-state index in [2.05, 4.69) is 23.2 Å². The second-order valence-corrected chi connectivity index (χ2v) is 10.5. The van der Waals surface area contributed by atoms with E-state index in [1.807, 2.05) is 42.5 Å². The van der Waals surface area contributed by atoms with Gasteiger partial charge < -0.3 is 9.64 Å². The Morgan fingerprint density at radius 1 is 1.14 bits per heavy atom. The van der Waals surface area contributed by atoms with Gasteiger partial charge in [-0.05, 0) is 54.5 Å². The van der Waals surface area contributed by atoms with E-state index in [4.69, 9.17) is 4.74 Å². The SMILES string of the molecule is CC1CC(OC(=O)Nc2ccc3ccccc3c2)C(=O)N(C2(C#N)CCN(C3CCCCC3)C2)C1. The number of benzene rings is 2. The first kappa shape index (κ1) is 23.6. The molecule has 2 aliphatic heterocycles. The third-order valence-electron chi connectivity index (χ3n) is 7.99.